The van der Waals surface area contributed by atoms with E-state index in [4.69, 9.17) is 23.2 Å². The number of thioether (sulfide) groups is 2. The molecular weight excluding hydrogens is 495 g/mol. The van der Waals surface area contributed by atoms with Gasteiger partial charge in [-0.3, -0.25) is 4.79 Å². The predicted molar refractivity (Wildman–Crippen MR) is 131 cm³/mol. The Morgan fingerprint density at radius 1 is 1.10 bits per heavy atom. The second kappa shape index (κ2) is 11.3. The zero-order valence-electron chi connectivity index (χ0n) is 17.1. The van der Waals surface area contributed by atoms with Crippen LogP contribution in [0.15, 0.2) is 46.2 Å². The Bertz CT molecular complexity index is 1040. The molecule has 1 N–H and O–H groups in total. The zero-order chi connectivity index (χ0) is 22.4. The van der Waals surface area contributed by atoms with Gasteiger partial charge in [0, 0.05) is 36.0 Å². The van der Waals surface area contributed by atoms with E-state index in [2.05, 4.69) is 4.72 Å². The van der Waals surface area contributed by atoms with E-state index < -0.39 is 10.0 Å². The summed E-state index contributed by atoms with van der Waals surface area (Å²) < 4.78 is 28.1. The molecule has 0 spiro atoms. The Labute approximate surface area is 202 Å². The lowest BCUT2D eigenvalue weighted by molar-refractivity contribution is 0.0789. The molecular formula is C21H24Cl2N2O3S3. The van der Waals surface area contributed by atoms with Gasteiger partial charge in [0.05, 0.1) is 20.5 Å². The summed E-state index contributed by atoms with van der Waals surface area (Å²) in [4.78, 5) is 15.5. The molecule has 0 aliphatic carbocycles. The molecule has 1 fully saturated rings. The van der Waals surface area contributed by atoms with Gasteiger partial charge in [0.15, 0.2) is 0 Å². The highest BCUT2D eigenvalue weighted by Gasteiger charge is 2.24. The van der Waals surface area contributed by atoms with Gasteiger partial charge in [-0.15, -0.1) is 11.8 Å². The molecule has 1 saturated heterocycles. The maximum atomic E-state index is 12.9. The third-order valence-corrected chi connectivity index (χ3v) is 8.92. The number of carbonyl (C=O) groups is 1. The second-order valence-electron chi connectivity index (χ2n) is 7.06. The van der Waals surface area contributed by atoms with E-state index in [-0.39, 0.29) is 17.3 Å². The smallest absolute Gasteiger partial charge is 0.255 e. The van der Waals surface area contributed by atoms with E-state index in [0.717, 1.165) is 36.4 Å². The third kappa shape index (κ3) is 6.55. The lowest BCUT2D eigenvalue weighted by atomic mass is 10.2. The van der Waals surface area contributed by atoms with E-state index in [1.165, 1.54) is 17.8 Å². The van der Waals surface area contributed by atoms with Gasteiger partial charge in [0.2, 0.25) is 10.0 Å². The maximum absolute atomic E-state index is 12.9. The van der Waals surface area contributed by atoms with Crippen molar-refractivity contribution in [2.75, 3.05) is 31.6 Å². The van der Waals surface area contributed by atoms with Gasteiger partial charge < -0.3 is 4.90 Å². The predicted octanol–water partition coefficient (Wildman–Crippen LogP) is 5.16. The second-order valence-corrected chi connectivity index (χ2v) is 11.6. The topological polar surface area (TPSA) is 66.5 Å². The quantitative estimate of drug-likeness (QED) is 0.366. The monoisotopic (exact) mass is 518 g/mol. The van der Waals surface area contributed by atoms with Crippen LogP contribution in [0.4, 0.5) is 0 Å². The first-order valence-corrected chi connectivity index (χ1v) is 14.4. The van der Waals surface area contributed by atoms with Crippen molar-refractivity contribution in [1.82, 2.24) is 9.62 Å². The number of hydrogen-bond donors (Lipinski definition) is 1. The van der Waals surface area contributed by atoms with Crippen molar-refractivity contribution in [3.63, 3.8) is 0 Å². The number of sulfonamides is 1. The summed E-state index contributed by atoms with van der Waals surface area (Å²) in [7, 11) is -3.70. The molecule has 2 aromatic carbocycles. The summed E-state index contributed by atoms with van der Waals surface area (Å²) in [5, 5.41) is 1.02. The highest BCUT2D eigenvalue weighted by molar-refractivity contribution is 7.98. The van der Waals surface area contributed by atoms with Crippen LogP contribution in [-0.4, -0.2) is 50.9 Å². The maximum Gasteiger partial charge on any atom is 0.255 e. The number of halogens is 2. The summed E-state index contributed by atoms with van der Waals surface area (Å²) in [6.45, 7) is 1.73. The largest absolute Gasteiger partial charge is 0.339 e. The van der Waals surface area contributed by atoms with E-state index >= 15 is 0 Å². The molecule has 2 aromatic rings. The van der Waals surface area contributed by atoms with Crippen LogP contribution in [0, 0.1) is 0 Å². The fourth-order valence-electron chi connectivity index (χ4n) is 3.26. The Hall–Kier alpha value is -0.900. The molecule has 0 bridgehead atoms. The van der Waals surface area contributed by atoms with Crippen LogP contribution in [-0.2, 0) is 15.8 Å². The van der Waals surface area contributed by atoms with Crippen molar-refractivity contribution in [3.8, 4) is 0 Å². The van der Waals surface area contributed by atoms with Gasteiger partial charge in [-0.05, 0) is 55.0 Å². The van der Waals surface area contributed by atoms with E-state index in [9.17, 15) is 13.2 Å². The minimum absolute atomic E-state index is 0.101. The van der Waals surface area contributed by atoms with Crippen LogP contribution in [0.5, 0.6) is 0 Å². The highest BCUT2D eigenvalue weighted by atomic mass is 35.5. The molecule has 168 valence electrons. The SMILES string of the molecule is CSc1ccc(S(=O)(=O)NCCSCc2ccc(Cl)c(Cl)c2)cc1C(=O)N1CCCC1. The Morgan fingerprint density at radius 3 is 2.52 bits per heavy atom. The first-order chi connectivity index (χ1) is 14.8. The minimum Gasteiger partial charge on any atom is -0.339 e. The fraction of sp³-hybridized carbons (Fsp3) is 0.381. The summed E-state index contributed by atoms with van der Waals surface area (Å²) in [6.07, 6.45) is 3.85. The number of nitrogens with one attached hydrogen (secondary N) is 1. The van der Waals surface area contributed by atoms with Crippen molar-refractivity contribution in [3.05, 3.63) is 57.6 Å². The van der Waals surface area contributed by atoms with Crippen LogP contribution in [0.1, 0.15) is 28.8 Å². The molecule has 10 heteroatoms. The van der Waals surface area contributed by atoms with Gasteiger partial charge in [-0.25, -0.2) is 13.1 Å². The Kier molecular flexibility index (Phi) is 9.01. The third-order valence-electron chi connectivity index (χ3n) is 4.90. The van der Waals surface area contributed by atoms with Gasteiger partial charge in [-0.2, -0.15) is 11.8 Å². The number of hydrogen-bond acceptors (Lipinski definition) is 5. The van der Waals surface area contributed by atoms with E-state index in [1.54, 1.807) is 34.9 Å². The van der Waals surface area contributed by atoms with Crippen LogP contribution in [0.25, 0.3) is 0 Å². The molecule has 1 amide bonds. The number of carbonyl (C=O) groups excluding carboxylic acids is 1. The number of rotatable bonds is 9. The lowest BCUT2D eigenvalue weighted by Crippen LogP contribution is -2.29. The molecule has 3 rings (SSSR count). The summed E-state index contributed by atoms with van der Waals surface area (Å²) in [6, 6.07) is 10.2. The molecule has 5 nitrogen and oxygen atoms in total. The Morgan fingerprint density at radius 2 is 1.84 bits per heavy atom. The minimum atomic E-state index is -3.70. The molecule has 1 aliphatic heterocycles. The van der Waals surface area contributed by atoms with Gasteiger partial charge in [-0.1, -0.05) is 29.3 Å². The van der Waals surface area contributed by atoms with Gasteiger partial charge >= 0.3 is 0 Å². The first-order valence-electron chi connectivity index (χ1n) is 9.80. The molecule has 1 heterocycles. The molecule has 0 aromatic heterocycles. The summed E-state index contributed by atoms with van der Waals surface area (Å²) >= 11 is 15.0. The fourth-order valence-corrected chi connectivity index (χ4v) is 6.15. The molecule has 0 unspecified atom stereocenters. The average molecular weight is 520 g/mol. The average Bonchev–Trinajstić information content (AvgIpc) is 3.30. The molecule has 0 atom stereocenters. The number of benzene rings is 2. The summed E-state index contributed by atoms with van der Waals surface area (Å²) in [5.74, 6) is 1.20. The molecule has 0 saturated carbocycles. The number of likely N-dealkylation sites (tertiary alicyclic amines) is 1. The van der Waals surface area contributed by atoms with Crippen molar-refractivity contribution in [2.45, 2.75) is 28.4 Å². The lowest BCUT2D eigenvalue weighted by Gasteiger charge is -2.18. The summed E-state index contributed by atoms with van der Waals surface area (Å²) in [5.41, 5.74) is 1.48. The molecule has 0 radical (unpaired) electrons. The van der Waals surface area contributed by atoms with Crippen molar-refractivity contribution in [2.24, 2.45) is 0 Å². The van der Waals surface area contributed by atoms with Crippen LogP contribution in [0.2, 0.25) is 10.0 Å². The van der Waals surface area contributed by atoms with Crippen LogP contribution >= 0.6 is 46.7 Å². The number of nitrogens with zero attached hydrogens (tertiary/aromatic N) is 1. The Balaban J connectivity index is 1.59. The molecule has 31 heavy (non-hydrogen) atoms. The zero-order valence-corrected chi connectivity index (χ0v) is 21.0. The number of amides is 1. The van der Waals surface area contributed by atoms with Gasteiger partial charge in [0.25, 0.3) is 5.91 Å². The van der Waals surface area contributed by atoms with Crippen molar-refractivity contribution < 1.29 is 13.2 Å². The van der Waals surface area contributed by atoms with Crippen LogP contribution < -0.4 is 4.72 Å². The van der Waals surface area contributed by atoms with Crippen molar-refractivity contribution >= 4 is 62.7 Å². The van der Waals surface area contributed by atoms with E-state index in [0.29, 0.717) is 27.1 Å². The standard InChI is InChI=1S/C21H24Cl2N2O3S3/c1-29-20-7-5-16(13-17(20)21(26)25-9-2-3-10-25)31(27,28)24-8-11-30-14-15-4-6-18(22)19(23)12-15/h4-7,12-13,24H,2-3,8-11,14H2,1H3. The van der Waals surface area contributed by atoms with Crippen molar-refractivity contribution in [1.29, 1.82) is 0 Å². The van der Waals surface area contributed by atoms with Crippen LogP contribution in [0.3, 0.4) is 0 Å². The highest BCUT2D eigenvalue weighted by Crippen LogP contribution is 2.27. The van der Waals surface area contributed by atoms with E-state index in [1.807, 2.05) is 18.4 Å². The van der Waals surface area contributed by atoms with Gasteiger partial charge in [0.1, 0.15) is 0 Å². The molecule has 1 aliphatic rings. The first kappa shape index (κ1) is 24.7. The normalized spacial score (nSPS) is 14.2.